The smallest absolute Gasteiger partial charge is 0.241 e. The molecule has 0 radical (unpaired) electrons. The highest BCUT2D eigenvalue weighted by atomic mass is 16.2. The molecule has 1 heterocycles. The van der Waals surface area contributed by atoms with Crippen molar-refractivity contribution in [2.75, 3.05) is 6.67 Å². The van der Waals surface area contributed by atoms with E-state index in [1.54, 1.807) is 0 Å². The molecule has 4 unspecified atom stereocenters. The van der Waals surface area contributed by atoms with Gasteiger partial charge in [-0.15, -0.1) is 0 Å². The zero-order valence-electron chi connectivity index (χ0n) is 10.7. The number of nitrogens with one attached hydrogen (secondary N) is 1. The molecule has 1 amide bonds. The molecular formula is C13H24N2O. The van der Waals surface area contributed by atoms with Crippen molar-refractivity contribution < 1.29 is 4.79 Å². The van der Waals surface area contributed by atoms with E-state index < -0.39 is 0 Å². The van der Waals surface area contributed by atoms with Crippen LogP contribution >= 0.6 is 0 Å². The summed E-state index contributed by atoms with van der Waals surface area (Å²) in [6.45, 7) is 7.43. The number of carbonyl (C=O) groups excluding carboxylic acids is 1. The zero-order valence-corrected chi connectivity index (χ0v) is 10.7. The Morgan fingerprint density at radius 2 is 2.06 bits per heavy atom. The standard InChI is InChI=1S/C13H24N2O/c1-4-10-6-7-12(9(10)3)15-8-14-11(5-2)13(15)16/h9-12,14H,4-8H2,1-3H3. The molecule has 0 aromatic heterocycles. The molecule has 2 rings (SSSR count). The molecule has 1 aliphatic heterocycles. The molecule has 1 N–H and O–H groups in total. The number of hydrogen-bond acceptors (Lipinski definition) is 2. The number of amides is 1. The van der Waals surface area contributed by atoms with Crippen molar-refractivity contribution in [1.82, 2.24) is 10.2 Å². The Labute approximate surface area is 98.6 Å². The van der Waals surface area contributed by atoms with Gasteiger partial charge in [0.05, 0.1) is 12.7 Å². The molecule has 4 atom stereocenters. The van der Waals surface area contributed by atoms with Crippen molar-refractivity contribution in [1.29, 1.82) is 0 Å². The average Bonchev–Trinajstić information content (AvgIpc) is 2.82. The van der Waals surface area contributed by atoms with E-state index in [2.05, 4.69) is 31.0 Å². The summed E-state index contributed by atoms with van der Waals surface area (Å²) in [7, 11) is 0. The minimum atomic E-state index is 0.0767. The van der Waals surface area contributed by atoms with Gasteiger partial charge in [0.1, 0.15) is 0 Å². The van der Waals surface area contributed by atoms with Crippen molar-refractivity contribution >= 4 is 5.91 Å². The van der Waals surface area contributed by atoms with Crippen LogP contribution in [0.25, 0.3) is 0 Å². The van der Waals surface area contributed by atoms with Gasteiger partial charge in [0.2, 0.25) is 5.91 Å². The summed E-state index contributed by atoms with van der Waals surface area (Å²) in [5, 5.41) is 3.31. The molecule has 2 fully saturated rings. The molecule has 0 spiro atoms. The van der Waals surface area contributed by atoms with Gasteiger partial charge >= 0.3 is 0 Å². The number of carbonyl (C=O) groups is 1. The van der Waals surface area contributed by atoms with Crippen LogP contribution in [0.3, 0.4) is 0 Å². The van der Waals surface area contributed by atoms with E-state index in [9.17, 15) is 4.79 Å². The second-order valence-electron chi connectivity index (χ2n) is 5.30. The topological polar surface area (TPSA) is 32.3 Å². The van der Waals surface area contributed by atoms with Gasteiger partial charge in [-0.3, -0.25) is 10.1 Å². The van der Waals surface area contributed by atoms with E-state index in [0.29, 0.717) is 17.9 Å². The van der Waals surface area contributed by atoms with Gasteiger partial charge in [0, 0.05) is 6.04 Å². The zero-order chi connectivity index (χ0) is 11.7. The second kappa shape index (κ2) is 4.74. The molecular weight excluding hydrogens is 200 g/mol. The second-order valence-corrected chi connectivity index (χ2v) is 5.30. The minimum absolute atomic E-state index is 0.0767. The van der Waals surface area contributed by atoms with Gasteiger partial charge in [-0.25, -0.2) is 0 Å². The molecule has 92 valence electrons. The summed E-state index contributed by atoms with van der Waals surface area (Å²) in [5.41, 5.74) is 0. The van der Waals surface area contributed by atoms with Gasteiger partial charge in [-0.05, 0) is 31.1 Å². The molecule has 2 aliphatic rings. The van der Waals surface area contributed by atoms with E-state index >= 15 is 0 Å². The van der Waals surface area contributed by atoms with E-state index in [-0.39, 0.29) is 6.04 Å². The lowest BCUT2D eigenvalue weighted by Crippen LogP contribution is -2.40. The summed E-state index contributed by atoms with van der Waals surface area (Å²) < 4.78 is 0. The highest BCUT2D eigenvalue weighted by molar-refractivity contribution is 5.84. The van der Waals surface area contributed by atoms with Crippen LogP contribution in [0, 0.1) is 11.8 Å². The summed E-state index contributed by atoms with van der Waals surface area (Å²) >= 11 is 0. The van der Waals surface area contributed by atoms with E-state index in [1.165, 1.54) is 19.3 Å². The average molecular weight is 224 g/mol. The Morgan fingerprint density at radius 1 is 1.31 bits per heavy atom. The van der Waals surface area contributed by atoms with Gasteiger partial charge in [-0.1, -0.05) is 27.2 Å². The van der Waals surface area contributed by atoms with Crippen LogP contribution < -0.4 is 5.32 Å². The van der Waals surface area contributed by atoms with E-state index in [4.69, 9.17) is 0 Å². The van der Waals surface area contributed by atoms with Gasteiger partial charge in [0.25, 0.3) is 0 Å². The molecule has 1 saturated carbocycles. The van der Waals surface area contributed by atoms with Gasteiger partial charge in [0.15, 0.2) is 0 Å². The van der Waals surface area contributed by atoms with E-state index in [1.807, 2.05) is 0 Å². The Kier molecular flexibility index (Phi) is 3.53. The molecule has 0 aromatic rings. The van der Waals surface area contributed by atoms with Crippen LogP contribution in [0.15, 0.2) is 0 Å². The Bertz CT molecular complexity index is 267. The van der Waals surface area contributed by atoms with Crippen molar-refractivity contribution in [3.05, 3.63) is 0 Å². The molecule has 0 aromatic carbocycles. The van der Waals surface area contributed by atoms with Crippen LogP contribution in [0.1, 0.15) is 46.5 Å². The summed E-state index contributed by atoms with van der Waals surface area (Å²) in [6, 6.07) is 0.564. The van der Waals surface area contributed by atoms with Crippen LogP contribution in [0.5, 0.6) is 0 Å². The molecule has 1 aliphatic carbocycles. The molecule has 3 heteroatoms. The van der Waals surface area contributed by atoms with Crippen LogP contribution in [0.2, 0.25) is 0 Å². The first-order chi connectivity index (χ1) is 7.69. The van der Waals surface area contributed by atoms with Crippen molar-refractivity contribution in [2.24, 2.45) is 11.8 Å². The Morgan fingerprint density at radius 3 is 2.56 bits per heavy atom. The number of nitrogens with zero attached hydrogens (tertiary/aromatic N) is 1. The molecule has 0 bridgehead atoms. The summed E-state index contributed by atoms with van der Waals surface area (Å²) in [5.74, 6) is 1.82. The Balaban J connectivity index is 2.02. The number of rotatable bonds is 3. The van der Waals surface area contributed by atoms with Crippen LogP contribution in [-0.2, 0) is 4.79 Å². The third-order valence-electron chi connectivity index (χ3n) is 4.61. The summed E-state index contributed by atoms with van der Waals surface area (Å²) in [6.07, 6.45) is 4.66. The predicted molar refractivity (Wildman–Crippen MR) is 64.9 cm³/mol. The maximum Gasteiger partial charge on any atom is 0.241 e. The lowest BCUT2D eigenvalue weighted by Gasteiger charge is -2.28. The Hall–Kier alpha value is -0.570. The lowest BCUT2D eigenvalue weighted by atomic mass is 9.93. The fourth-order valence-corrected chi connectivity index (χ4v) is 3.41. The first-order valence-corrected chi connectivity index (χ1v) is 6.72. The monoisotopic (exact) mass is 224 g/mol. The molecule has 3 nitrogen and oxygen atoms in total. The van der Waals surface area contributed by atoms with Crippen LogP contribution in [0.4, 0.5) is 0 Å². The lowest BCUT2D eigenvalue weighted by molar-refractivity contribution is -0.131. The minimum Gasteiger partial charge on any atom is -0.325 e. The van der Waals surface area contributed by atoms with Crippen molar-refractivity contribution in [3.8, 4) is 0 Å². The highest BCUT2D eigenvalue weighted by Crippen LogP contribution is 2.37. The summed E-state index contributed by atoms with van der Waals surface area (Å²) in [4.78, 5) is 14.2. The maximum atomic E-state index is 12.1. The quantitative estimate of drug-likeness (QED) is 0.795. The number of hydrogen-bond donors (Lipinski definition) is 1. The predicted octanol–water partition coefficient (Wildman–Crippen LogP) is 1.98. The SMILES string of the molecule is CCC1NCN(C2CCC(CC)C2C)C1=O. The largest absolute Gasteiger partial charge is 0.325 e. The fourth-order valence-electron chi connectivity index (χ4n) is 3.41. The fraction of sp³-hybridized carbons (Fsp3) is 0.923. The molecule has 1 saturated heterocycles. The molecule has 16 heavy (non-hydrogen) atoms. The van der Waals surface area contributed by atoms with Crippen molar-refractivity contribution in [3.63, 3.8) is 0 Å². The maximum absolute atomic E-state index is 12.1. The van der Waals surface area contributed by atoms with Crippen LogP contribution in [-0.4, -0.2) is 29.6 Å². The first kappa shape index (κ1) is 11.9. The third-order valence-corrected chi connectivity index (χ3v) is 4.61. The van der Waals surface area contributed by atoms with Gasteiger partial charge < -0.3 is 4.90 Å². The normalized spacial score (nSPS) is 39.7. The van der Waals surface area contributed by atoms with E-state index in [0.717, 1.165) is 19.0 Å². The first-order valence-electron chi connectivity index (χ1n) is 6.72. The third kappa shape index (κ3) is 1.86. The van der Waals surface area contributed by atoms with Crippen molar-refractivity contribution in [2.45, 2.75) is 58.5 Å². The van der Waals surface area contributed by atoms with Gasteiger partial charge in [-0.2, -0.15) is 0 Å². The highest BCUT2D eigenvalue weighted by Gasteiger charge is 2.41.